The van der Waals surface area contributed by atoms with Gasteiger partial charge in [0.05, 0.1) is 12.1 Å². The molecule has 1 aromatic rings. The van der Waals surface area contributed by atoms with Gasteiger partial charge in [-0.2, -0.15) is 0 Å². The first-order chi connectivity index (χ1) is 8.93. The van der Waals surface area contributed by atoms with E-state index in [1.165, 1.54) is 5.56 Å². The number of carbonyl (C=O) groups is 1. The van der Waals surface area contributed by atoms with Crippen molar-refractivity contribution in [2.45, 2.75) is 25.8 Å². The average molecular weight is 261 g/mol. The Balaban J connectivity index is 2.70. The van der Waals surface area contributed by atoms with E-state index in [1.54, 1.807) is 21.0 Å². The number of hydrogen-bond donors (Lipinski definition) is 2. The van der Waals surface area contributed by atoms with Crippen molar-refractivity contribution in [3.63, 3.8) is 0 Å². The molecule has 0 radical (unpaired) electrons. The summed E-state index contributed by atoms with van der Waals surface area (Å²) in [5.74, 6) is 5.87. The van der Waals surface area contributed by atoms with E-state index in [0.29, 0.717) is 6.61 Å². The highest BCUT2D eigenvalue weighted by atomic mass is 16.5. The fourth-order valence-electron chi connectivity index (χ4n) is 1.50. The summed E-state index contributed by atoms with van der Waals surface area (Å²) in [4.78, 5) is 10.6. The molecule has 0 saturated carbocycles. The SMILES string of the molecule is COCCc1ccc(C#CC(C)(C)NC(=O)O)cc1. The highest BCUT2D eigenvalue weighted by Crippen LogP contribution is 2.06. The van der Waals surface area contributed by atoms with Crippen molar-refractivity contribution < 1.29 is 14.6 Å². The molecule has 0 aliphatic carbocycles. The van der Waals surface area contributed by atoms with Crippen molar-refractivity contribution in [2.75, 3.05) is 13.7 Å². The first-order valence-electron chi connectivity index (χ1n) is 6.05. The predicted molar refractivity (Wildman–Crippen MR) is 74.1 cm³/mol. The molecule has 1 amide bonds. The third kappa shape index (κ3) is 5.94. The summed E-state index contributed by atoms with van der Waals surface area (Å²) in [5.41, 5.74) is 1.29. The second-order valence-electron chi connectivity index (χ2n) is 4.74. The molecule has 4 nitrogen and oxygen atoms in total. The molecule has 0 spiro atoms. The van der Waals surface area contributed by atoms with Crippen LogP contribution in [0.4, 0.5) is 4.79 Å². The van der Waals surface area contributed by atoms with Crippen LogP contribution in [0.25, 0.3) is 0 Å². The van der Waals surface area contributed by atoms with Gasteiger partial charge in [0.1, 0.15) is 0 Å². The highest BCUT2D eigenvalue weighted by Gasteiger charge is 2.15. The Hall–Kier alpha value is -1.99. The Labute approximate surface area is 113 Å². The van der Waals surface area contributed by atoms with Crippen molar-refractivity contribution in [3.05, 3.63) is 35.4 Å². The third-order valence-corrected chi connectivity index (χ3v) is 2.49. The normalized spacial score (nSPS) is 10.5. The Kier molecular flexibility index (Phi) is 5.40. The highest BCUT2D eigenvalue weighted by molar-refractivity contribution is 5.66. The second-order valence-corrected chi connectivity index (χ2v) is 4.74. The quantitative estimate of drug-likeness (QED) is 0.817. The first kappa shape index (κ1) is 15.1. The lowest BCUT2D eigenvalue weighted by Crippen LogP contribution is -2.41. The number of ether oxygens (including phenoxy) is 1. The minimum absolute atomic E-state index is 0.695. The van der Waals surface area contributed by atoms with E-state index in [9.17, 15) is 4.79 Å². The zero-order valence-electron chi connectivity index (χ0n) is 11.5. The largest absolute Gasteiger partial charge is 0.465 e. The van der Waals surface area contributed by atoms with Gasteiger partial charge >= 0.3 is 6.09 Å². The molecule has 0 saturated heterocycles. The molecule has 0 aromatic heterocycles. The molecule has 0 atom stereocenters. The molecule has 0 heterocycles. The van der Waals surface area contributed by atoms with Crippen molar-refractivity contribution in [1.29, 1.82) is 0 Å². The molecule has 1 aromatic carbocycles. The van der Waals surface area contributed by atoms with Gasteiger partial charge in [-0.05, 0) is 38.0 Å². The summed E-state index contributed by atoms with van der Waals surface area (Å²) in [6, 6.07) is 7.85. The number of amides is 1. The van der Waals surface area contributed by atoms with Gasteiger partial charge in [0.2, 0.25) is 0 Å². The molecule has 0 aliphatic rings. The van der Waals surface area contributed by atoms with Crippen LogP contribution >= 0.6 is 0 Å². The van der Waals surface area contributed by atoms with Gasteiger partial charge in [-0.3, -0.25) is 0 Å². The van der Waals surface area contributed by atoms with E-state index in [2.05, 4.69) is 17.2 Å². The molecular formula is C15H19NO3. The lowest BCUT2D eigenvalue weighted by molar-refractivity contribution is 0.188. The summed E-state index contributed by atoms with van der Waals surface area (Å²) in [6.45, 7) is 4.14. The van der Waals surface area contributed by atoms with Gasteiger partial charge in [0.25, 0.3) is 0 Å². The van der Waals surface area contributed by atoms with Crippen LogP contribution in [-0.4, -0.2) is 30.5 Å². The molecule has 0 unspecified atom stereocenters. The first-order valence-corrected chi connectivity index (χ1v) is 6.05. The molecule has 0 bridgehead atoms. The minimum atomic E-state index is -1.07. The van der Waals surface area contributed by atoms with Crippen LogP contribution < -0.4 is 5.32 Å². The zero-order chi connectivity index (χ0) is 14.3. The topological polar surface area (TPSA) is 58.6 Å². The van der Waals surface area contributed by atoms with Gasteiger partial charge in [-0.1, -0.05) is 24.0 Å². The van der Waals surface area contributed by atoms with Gasteiger partial charge in [-0.15, -0.1) is 0 Å². The van der Waals surface area contributed by atoms with Crippen LogP contribution in [-0.2, 0) is 11.2 Å². The Morgan fingerprint density at radius 3 is 2.53 bits per heavy atom. The Morgan fingerprint density at radius 2 is 2.00 bits per heavy atom. The Morgan fingerprint density at radius 1 is 1.37 bits per heavy atom. The number of rotatable bonds is 4. The molecule has 0 fully saturated rings. The molecule has 102 valence electrons. The zero-order valence-corrected chi connectivity index (χ0v) is 11.5. The average Bonchev–Trinajstić information content (AvgIpc) is 2.34. The maximum atomic E-state index is 10.6. The van der Waals surface area contributed by atoms with Crippen LogP contribution in [0.5, 0.6) is 0 Å². The van der Waals surface area contributed by atoms with E-state index >= 15 is 0 Å². The van der Waals surface area contributed by atoms with Crippen molar-refractivity contribution in [1.82, 2.24) is 5.32 Å². The fraction of sp³-hybridized carbons (Fsp3) is 0.400. The van der Waals surface area contributed by atoms with Crippen LogP contribution in [0.2, 0.25) is 0 Å². The number of carboxylic acid groups (broad SMARTS) is 1. The molecule has 2 N–H and O–H groups in total. The number of nitrogens with one attached hydrogen (secondary N) is 1. The van der Waals surface area contributed by atoms with Crippen molar-refractivity contribution >= 4 is 6.09 Å². The van der Waals surface area contributed by atoms with E-state index in [1.807, 2.05) is 24.3 Å². The summed E-state index contributed by atoms with van der Waals surface area (Å²) in [5, 5.41) is 11.0. The summed E-state index contributed by atoms with van der Waals surface area (Å²) >= 11 is 0. The lowest BCUT2D eigenvalue weighted by atomic mass is 10.1. The van der Waals surface area contributed by atoms with Crippen molar-refractivity contribution in [2.24, 2.45) is 0 Å². The molecule has 1 rings (SSSR count). The summed E-state index contributed by atoms with van der Waals surface area (Å²) in [7, 11) is 1.68. The molecule has 19 heavy (non-hydrogen) atoms. The molecule has 4 heteroatoms. The molecular weight excluding hydrogens is 242 g/mol. The predicted octanol–water partition coefficient (Wildman–Crippen LogP) is 2.27. The van der Waals surface area contributed by atoms with Gasteiger partial charge in [0, 0.05) is 12.7 Å². The van der Waals surface area contributed by atoms with Gasteiger partial charge < -0.3 is 15.2 Å². The van der Waals surface area contributed by atoms with E-state index in [-0.39, 0.29) is 0 Å². The number of hydrogen-bond acceptors (Lipinski definition) is 2. The van der Waals surface area contributed by atoms with E-state index < -0.39 is 11.6 Å². The number of benzene rings is 1. The maximum absolute atomic E-state index is 10.6. The van der Waals surface area contributed by atoms with E-state index in [0.717, 1.165) is 12.0 Å². The second kappa shape index (κ2) is 6.81. The maximum Gasteiger partial charge on any atom is 0.405 e. The van der Waals surface area contributed by atoms with Gasteiger partial charge in [0.15, 0.2) is 0 Å². The van der Waals surface area contributed by atoms with Crippen LogP contribution in [0, 0.1) is 11.8 Å². The van der Waals surface area contributed by atoms with Crippen molar-refractivity contribution in [3.8, 4) is 11.8 Å². The minimum Gasteiger partial charge on any atom is -0.465 e. The van der Waals surface area contributed by atoms with Crippen LogP contribution in [0.15, 0.2) is 24.3 Å². The van der Waals surface area contributed by atoms with Crippen LogP contribution in [0.3, 0.4) is 0 Å². The summed E-state index contributed by atoms with van der Waals surface area (Å²) in [6.07, 6.45) is -0.204. The number of methoxy groups -OCH3 is 1. The fourth-order valence-corrected chi connectivity index (χ4v) is 1.50. The van der Waals surface area contributed by atoms with Gasteiger partial charge in [-0.25, -0.2) is 4.79 Å². The standard InChI is InChI=1S/C15H19NO3/c1-15(2,16-14(17)18)10-8-12-4-6-13(7-5-12)9-11-19-3/h4-7,16H,9,11H2,1-3H3,(H,17,18). The smallest absolute Gasteiger partial charge is 0.405 e. The van der Waals surface area contributed by atoms with E-state index in [4.69, 9.17) is 9.84 Å². The molecule has 0 aliphatic heterocycles. The lowest BCUT2D eigenvalue weighted by Gasteiger charge is -2.16. The third-order valence-electron chi connectivity index (χ3n) is 2.49. The van der Waals surface area contributed by atoms with Crippen LogP contribution in [0.1, 0.15) is 25.0 Å². The Bertz CT molecular complexity index is 480. The monoisotopic (exact) mass is 261 g/mol. The summed E-state index contributed by atoms with van der Waals surface area (Å²) < 4.78 is 5.01.